The molecule has 0 aliphatic heterocycles. The smallest absolute Gasteiger partial charge is 0.124 e. The highest BCUT2D eigenvalue weighted by atomic mass is 35.5. The number of rotatable bonds is 5. The molecule has 0 bridgehead atoms. The number of methoxy groups -OCH3 is 1. The van der Waals surface area contributed by atoms with Crippen molar-refractivity contribution in [3.8, 4) is 5.75 Å². The summed E-state index contributed by atoms with van der Waals surface area (Å²) in [5.41, 5.74) is 4.73. The van der Waals surface area contributed by atoms with Crippen molar-refractivity contribution in [3.05, 3.63) is 63.7 Å². The van der Waals surface area contributed by atoms with Crippen LogP contribution in [0.1, 0.15) is 28.3 Å². The van der Waals surface area contributed by atoms with E-state index >= 15 is 0 Å². The highest BCUT2D eigenvalue weighted by Gasteiger charge is 2.15. The van der Waals surface area contributed by atoms with E-state index in [1.54, 1.807) is 7.11 Å². The first-order chi connectivity index (χ1) is 10.1. The molecule has 2 aromatic rings. The van der Waals surface area contributed by atoms with Gasteiger partial charge >= 0.3 is 0 Å². The van der Waals surface area contributed by atoms with Crippen LogP contribution in [0.5, 0.6) is 5.75 Å². The maximum absolute atomic E-state index is 6.28. The van der Waals surface area contributed by atoms with Crippen molar-refractivity contribution in [3.63, 3.8) is 0 Å². The monoisotopic (exact) mass is 303 g/mol. The minimum atomic E-state index is 0.230. The normalized spacial score (nSPS) is 12.2. The topological polar surface area (TPSA) is 21.3 Å². The molecule has 0 spiro atoms. The van der Waals surface area contributed by atoms with E-state index in [4.69, 9.17) is 16.3 Å². The summed E-state index contributed by atoms with van der Waals surface area (Å²) in [6, 6.07) is 12.6. The molecule has 2 nitrogen and oxygen atoms in total. The van der Waals surface area contributed by atoms with Crippen LogP contribution in [0.2, 0.25) is 5.02 Å². The largest absolute Gasteiger partial charge is 0.496 e. The molecule has 0 amide bonds. The van der Waals surface area contributed by atoms with Gasteiger partial charge in [-0.25, -0.2) is 0 Å². The molecule has 0 fully saturated rings. The molecule has 0 aromatic heterocycles. The second kappa shape index (κ2) is 6.97. The fraction of sp³-hybridized carbons (Fsp3) is 0.333. The van der Waals surface area contributed by atoms with Crippen molar-refractivity contribution in [2.24, 2.45) is 0 Å². The van der Waals surface area contributed by atoms with Gasteiger partial charge in [0, 0.05) is 11.1 Å². The minimum absolute atomic E-state index is 0.230. The van der Waals surface area contributed by atoms with Crippen molar-refractivity contribution in [2.75, 3.05) is 14.2 Å². The van der Waals surface area contributed by atoms with Gasteiger partial charge in [-0.2, -0.15) is 0 Å². The summed E-state index contributed by atoms with van der Waals surface area (Å²) in [5, 5.41) is 4.21. The van der Waals surface area contributed by atoms with Gasteiger partial charge in [0.05, 0.1) is 7.11 Å². The first-order valence-corrected chi connectivity index (χ1v) is 7.50. The maximum Gasteiger partial charge on any atom is 0.124 e. The van der Waals surface area contributed by atoms with Crippen LogP contribution < -0.4 is 10.1 Å². The van der Waals surface area contributed by atoms with Gasteiger partial charge < -0.3 is 10.1 Å². The number of benzene rings is 2. The third-order valence-corrected chi connectivity index (χ3v) is 4.19. The summed E-state index contributed by atoms with van der Waals surface area (Å²) in [6.45, 7) is 4.16. The van der Waals surface area contributed by atoms with Gasteiger partial charge in [0.2, 0.25) is 0 Å². The van der Waals surface area contributed by atoms with Gasteiger partial charge in [0.25, 0.3) is 0 Å². The lowest BCUT2D eigenvalue weighted by atomic mass is 9.95. The Balaban J connectivity index is 2.32. The highest BCUT2D eigenvalue weighted by Crippen LogP contribution is 2.29. The van der Waals surface area contributed by atoms with Gasteiger partial charge in [-0.1, -0.05) is 41.9 Å². The first-order valence-electron chi connectivity index (χ1n) is 7.12. The highest BCUT2D eigenvalue weighted by molar-refractivity contribution is 6.31. The second-order valence-electron chi connectivity index (χ2n) is 5.32. The second-order valence-corrected chi connectivity index (χ2v) is 5.73. The van der Waals surface area contributed by atoms with E-state index in [2.05, 4.69) is 37.4 Å². The number of hydrogen-bond acceptors (Lipinski definition) is 2. The quantitative estimate of drug-likeness (QED) is 0.880. The van der Waals surface area contributed by atoms with Crippen LogP contribution in [-0.4, -0.2) is 14.2 Å². The lowest BCUT2D eigenvalue weighted by molar-refractivity contribution is 0.408. The molecule has 0 saturated heterocycles. The van der Waals surface area contributed by atoms with E-state index in [1.807, 2.05) is 25.2 Å². The molecule has 0 aliphatic rings. The summed E-state index contributed by atoms with van der Waals surface area (Å²) in [7, 11) is 3.70. The number of likely N-dealkylation sites (N-methyl/N-ethyl adjacent to an activating group) is 1. The fourth-order valence-corrected chi connectivity index (χ4v) is 2.99. The van der Waals surface area contributed by atoms with Crippen molar-refractivity contribution in [2.45, 2.75) is 26.3 Å². The van der Waals surface area contributed by atoms with Crippen LogP contribution in [0.3, 0.4) is 0 Å². The van der Waals surface area contributed by atoms with E-state index in [0.717, 1.165) is 33.9 Å². The number of halogens is 1. The molecule has 0 saturated carbocycles. The summed E-state index contributed by atoms with van der Waals surface area (Å²) < 4.78 is 5.44. The predicted octanol–water partition coefficient (Wildman–Crippen LogP) is 4.47. The Bertz CT molecular complexity index is 601. The molecular formula is C18H22ClNO. The lowest BCUT2D eigenvalue weighted by Gasteiger charge is -2.20. The summed E-state index contributed by atoms with van der Waals surface area (Å²) in [5.74, 6) is 0.964. The molecule has 1 N–H and O–H groups in total. The average Bonchev–Trinajstić information content (AvgIpc) is 2.46. The van der Waals surface area contributed by atoms with Gasteiger partial charge in [0.1, 0.15) is 5.75 Å². The zero-order valence-electron chi connectivity index (χ0n) is 13.0. The average molecular weight is 304 g/mol. The number of aryl methyl sites for hydroxylation is 2. The Labute approximate surface area is 132 Å². The van der Waals surface area contributed by atoms with Crippen molar-refractivity contribution in [1.82, 2.24) is 5.32 Å². The Morgan fingerprint density at radius 2 is 1.76 bits per heavy atom. The number of hydrogen-bond donors (Lipinski definition) is 1. The Morgan fingerprint density at radius 1 is 1.14 bits per heavy atom. The molecule has 1 unspecified atom stereocenters. The van der Waals surface area contributed by atoms with Crippen molar-refractivity contribution in [1.29, 1.82) is 0 Å². The Morgan fingerprint density at radius 3 is 2.29 bits per heavy atom. The minimum Gasteiger partial charge on any atom is -0.496 e. The molecule has 0 aliphatic carbocycles. The van der Waals surface area contributed by atoms with Crippen LogP contribution >= 0.6 is 11.6 Å². The van der Waals surface area contributed by atoms with E-state index in [-0.39, 0.29) is 6.04 Å². The molecular weight excluding hydrogens is 282 g/mol. The van der Waals surface area contributed by atoms with E-state index in [0.29, 0.717) is 0 Å². The van der Waals surface area contributed by atoms with E-state index < -0.39 is 0 Å². The molecule has 3 heteroatoms. The van der Waals surface area contributed by atoms with Crippen molar-refractivity contribution < 1.29 is 4.74 Å². The lowest BCUT2D eigenvalue weighted by Crippen LogP contribution is -2.19. The fourth-order valence-electron chi connectivity index (χ4n) is 2.78. The zero-order chi connectivity index (χ0) is 15.4. The molecule has 21 heavy (non-hydrogen) atoms. The predicted molar refractivity (Wildman–Crippen MR) is 89.4 cm³/mol. The van der Waals surface area contributed by atoms with Gasteiger partial charge in [0.15, 0.2) is 0 Å². The van der Waals surface area contributed by atoms with Gasteiger partial charge in [-0.3, -0.25) is 0 Å². The van der Waals surface area contributed by atoms with Gasteiger partial charge in [-0.15, -0.1) is 0 Å². The summed E-state index contributed by atoms with van der Waals surface area (Å²) in [4.78, 5) is 0. The molecule has 1 atom stereocenters. The zero-order valence-corrected chi connectivity index (χ0v) is 13.8. The molecule has 0 heterocycles. The maximum atomic E-state index is 6.28. The third-order valence-electron chi connectivity index (χ3n) is 3.82. The number of ether oxygens (including phenoxy) is 1. The van der Waals surface area contributed by atoms with Crippen LogP contribution in [0.4, 0.5) is 0 Å². The summed E-state index contributed by atoms with van der Waals surface area (Å²) >= 11 is 6.28. The summed E-state index contributed by atoms with van der Waals surface area (Å²) in [6.07, 6.45) is 0.862. The van der Waals surface area contributed by atoms with Crippen LogP contribution in [0.15, 0.2) is 36.4 Å². The van der Waals surface area contributed by atoms with Gasteiger partial charge in [-0.05, 0) is 55.6 Å². The van der Waals surface area contributed by atoms with Crippen LogP contribution in [0, 0.1) is 13.8 Å². The Kier molecular flexibility index (Phi) is 5.27. The first kappa shape index (κ1) is 15.9. The Hall–Kier alpha value is -1.51. The SMILES string of the molecule is CNC(Cc1ccccc1Cl)c1cc(C)c(OC)c(C)c1. The third kappa shape index (κ3) is 3.58. The van der Waals surface area contributed by atoms with Crippen LogP contribution in [-0.2, 0) is 6.42 Å². The molecule has 112 valence electrons. The van der Waals surface area contributed by atoms with Crippen LogP contribution in [0.25, 0.3) is 0 Å². The number of nitrogens with one attached hydrogen (secondary N) is 1. The molecule has 2 aromatic carbocycles. The van der Waals surface area contributed by atoms with E-state index in [1.165, 1.54) is 5.56 Å². The van der Waals surface area contributed by atoms with E-state index in [9.17, 15) is 0 Å². The van der Waals surface area contributed by atoms with Crippen molar-refractivity contribution >= 4 is 11.6 Å². The molecule has 2 rings (SSSR count). The standard InChI is InChI=1S/C18H22ClNO/c1-12-9-15(10-13(2)18(12)21-4)17(20-3)11-14-7-5-6-8-16(14)19/h5-10,17,20H,11H2,1-4H3. The molecule has 0 radical (unpaired) electrons.